The van der Waals surface area contributed by atoms with Crippen LogP contribution in [-0.4, -0.2) is 21.4 Å². The van der Waals surface area contributed by atoms with E-state index in [1.54, 1.807) is 30.3 Å². The van der Waals surface area contributed by atoms with E-state index >= 15 is 0 Å². The average molecular weight is 475 g/mol. The zero-order chi connectivity index (χ0) is 24.1. The molecule has 10 heteroatoms. The number of nitrogens with zero attached hydrogens (tertiary/aromatic N) is 3. The second-order valence-electron chi connectivity index (χ2n) is 7.08. The van der Waals surface area contributed by atoms with E-state index in [4.69, 9.17) is 0 Å². The van der Waals surface area contributed by atoms with Crippen LogP contribution in [-0.2, 0) is 34.0 Å². The third-order valence-electron chi connectivity index (χ3n) is 4.79. The second kappa shape index (κ2) is 9.95. The fraction of sp³-hybridized carbons (Fsp3) is 0.174. The zero-order valence-electron chi connectivity index (χ0n) is 17.5. The quantitative estimate of drug-likeness (QED) is 0.438. The molecule has 0 saturated heterocycles. The Balaban J connectivity index is 1.76. The smallest absolute Gasteiger partial charge is 0.271 e. The summed E-state index contributed by atoms with van der Waals surface area (Å²) in [5.41, 5.74) is 0.605. The summed E-state index contributed by atoms with van der Waals surface area (Å²) in [5.74, 6) is -0.440. The molecule has 0 bridgehead atoms. The molecule has 0 spiro atoms. The second-order valence-corrected chi connectivity index (χ2v) is 9.05. The topological polar surface area (TPSA) is 79.2 Å². The van der Waals surface area contributed by atoms with Crippen molar-refractivity contribution in [1.29, 1.82) is 0 Å². The summed E-state index contributed by atoms with van der Waals surface area (Å²) >= 11 is 0. The Hall–Kier alpha value is -3.53. The SMILES string of the molecule is CN(c1ccccc1CN=NC(=O)Cc1ccccc1)S(=O)(=O)c1ccc(C(F)(F)F)cc1. The van der Waals surface area contributed by atoms with Crippen molar-refractivity contribution in [3.63, 3.8) is 0 Å². The highest BCUT2D eigenvalue weighted by Crippen LogP contribution is 2.31. The van der Waals surface area contributed by atoms with Gasteiger partial charge in [-0.2, -0.15) is 18.3 Å². The van der Waals surface area contributed by atoms with Crippen molar-refractivity contribution in [2.45, 2.75) is 24.0 Å². The Kier molecular flexibility index (Phi) is 7.27. The molecule has 0 aliphatic heterocycles. The monoisotopic (exact) mass is 475 g/mol. The van der Waals surface area contributed by atoms with Crippen LogP contribution in [0.3, 0.4) is 0 Å². The Labute approximate surface area is 189 Å². The summed E-state index contributed by atoms with van der Waals surface area (Å²) in [5, 5.41) is 7.58. The summed E-state index contributed by atoms with van der Waals surface area (Å²) in [7, 11) is -2.84. The molecule has 3 aromatic rings. The highest BCUT2D eigenvalue weighted by Gasteiger charge is 2.31. The molecular weight excluding hydrogens is 455 g/mol. The molecule has 0 aliphatic carbocycles. The van der Waals surface area contributed by atoms with E-state index in [2.05, 4.69) is 10.2 Å². The molecule has 0 fully saturated rings. The van der Waals surface area contributed by atoms with Crippen molar-refractivity contribution in [2.24, 2.45) is 10.2 Å². The minimum absolute atomic E-state index is 0.0520. The molecule has 0 atom stereocenters. The lowest BCUT2D eigenvalue weighted by molar-refractivity contribution is -0.137. The van der Waals surface area contributed by atoms with Gasteiger partial charge in [-0.15, -0.1) is 5.11 Å². The summed E-state index contributed by atoms with van der Waals surface area (Å²) in [6, 6.07) is 18.8. The molecule has 0 N–H and O–H groups in total. The van der Waals surface area contributed by atoms with Gasteiger partial charge in [0.05, 0.1) is 29.1 Å². The lowest BCUT2D eigenvalue weighted by Gasteiger charge is -2.22. The minimum Gasteiger partial charge on any atom is -0.271 e. The molecule has 3 rings (SSSR count). The normalized spacial score (nSPS) is 12.1. The fourth-order valence-corrected chi connectivity index (χ4v) is 4.28. The van der Waals surface area contributed by atoms with E-state index < -0.39 is 27.7 Å². The number of halogens is 3. The van der Waals surface area contributed by atoms with Gasteiger partial charge in [0.1, 0.15) is 0 Å². The van der Waals surface area contributed by atoms with E-state index in [1.807, 2.05) is 18.2 Å². The van der Waals surface area contributed by atoms with Crippen molar-refractivity contribution in [3.8, 4) is 0 Å². The van der Waals surface area contributed by atoms with Gasteiger partial charge in [-0.3, -0.25) is 9.10 Å². The first kappa shape index (κ1) is 24.1. The molecule has 172 valence electrons. The molecule has 0 aliphatic rings. The zero-order valence-corrected chi connectivity index (χ0v) is 18.3. The predicted molar refractivity (Wildman–Crippen MR) is 117 cm³/mol. The van der Waals surface area contributed by atoms with Crippen LogP contribution in [0.4, 0.5) is 18.9 Å². The van der Waals surface area contributed by atoms with Gasteiger partial charge in [-0.25, -0.2) is 8.42 Å². The lowest BCUT2D eigenvalue weighted by Crippen LogP contribution is -2.27. The van der Waals surface area contributed by atoms with Crippen LogP contribution in [0.5, 0.6) is 0 Å². The van der Waals surface area contributed by atoms with Gasteiger partial charge in [-0.05, 0) is 41.5 Å². The summed E-state index contributed by atoms with van der Waals surface area (Å²) in [6.07, 6.45) is -4.47. The Morgan fingerprint density at radius 3 is 2.15 bits per heavy atom. The van der Waals surface area contributed by atoms with Crippen LogP contribution in [0.2, 0.25) is 0 Å². The van der Waals surface area contributed by atoms with Crippen molar-refractivity contribution in [3.05, 3.63) is 95.6 Å². The highest BCUT2D eigenvalue weighted by molar-refractivity contribution is 7.92. The Morgan fingerprint density at radius 1 is 0.909 bits per heavy atom. The predicted octanol–water partition coefficient (Wildman–Crippen LogP) is 5.25. The average Bonchev–Trinajstić information content (AvgIpc) is 2.79. The van der Waals surface area contributed by atoms with Crippen molar-refractivity contribution in [2.75, 3.05) is 11.4 Å². The van der Waals surface area contributed by atoms with Crippen LogP contribution in [0.1, 0.15) is 16.7 Å². The van der Waals surface area contributed by atoms with Gasteiger partial charge >= 0.3 is 6.18 Å². The first-order valence-corrected chi connectivity index (χ1v) is 11.2. The van der Waals surface area contributed by atoms with E-state index in [0.29, 0.717) is 5.56 Å². The third-order valence-corrected chi connectivity index (χ3v) is 6.58. The van der Waals surface area contributed by atoms with E-state index in [9.17, 15) is 26.4 Å². The van der Waals surface area contributed by atoms with Gasteiger partial charge in [-0.1, -0.05) is 48.5 Å². The number of alkyl halides is 3. The van der Waals surface area contributed by atoms with Gasteiger partial charge in [0.2, 0.25) is 0 Å². The number of azo groups is 1. The standard InChI is InChI=1S/C23H20F3N3O3S/c1-29(33(31,32)20-13-11-19(12-14-20)23(24,25)26)21-10-6-5-9-18(21)16-27-28-22(30)15-17-7-3-2-4-8-17/h2-14H,15-16H2,1H3. The Morgan fingerprint density at radius 2 is 1.52 bits per heavy atom. The molecule has 0 aromatic heterocycles. The number of anilines is 1. The number of hydrogen-bond acceptors (Lipinski definition) is 4. The molecule has 0 radical (unpaired) electrons. The number of hydrogen-bond donors (Lipinski definition) is 0. The maximum atomic E-state index is 13.0. The molecule has 33 heavy (non-hydrogen) atoms. The summed E-state index contributed by atoms with van der Waals surface area (Å²) in [6.45, 7) is -0.0520. The van der Waals surface area contributed by atoms with Crippen LogP contribution in [0, 0.1) is 0 Å². The van der Waals surface area contributed by atoms with Crippen LogP contribution in [0.25, 0.3) is 0 Å². The summed E-state index contributed by atoms with van der Waals surface area (Å²) < 4.78 is 65.3. The van der Waals surface area contributed by atoms with E-state index in [-0.39, 0.29) is 23.5 Å². The third kappa shape index (κ3) is 6.04. The first-order valence-electron chi connectivity index (χ1n) is 9.77. The van der Waals surface area contributed by atoms with Gasteiger partial charge in [0, 0.05) is 7.05 Å². The number of sulfonamides is 1. The molecule has 0 unspecified atom stereocenters. The Bertz CT molecular complexity index is 1240. The molecule has 0 saturated carbocycles. The van der Waals surface area contributed by atoms with Gasteiger partial charge < -0.3 is 0 Å². The molecular formula is C23H20F3N3O3S. The number of carbonyl (C=O) groups is 1. The number of rotatable bonds is 7. The van der Waals surface area contributed by atoms with E-state index in [0.717, 1.165) is 34.1 Å². The molecule has 1 amide bonds. The number of carbonyl (C=O) groups excluding carboxylic acids is 1. The molecule has 3 aromatic carbocycles. The first-order chi connectivity index (χ1) is 15.6. The van der Waals surface area contributed by atoms with Gasteiger partial charge in [0.15, 0.2) is 0 Å². The van der Waals surface area contributed by atoms with E-state index in [1.165, 1.54) is 13.1 Å². The summed E-state index contributed by atoms with van der Waals surface area (Å²) in [4.78, 5) is 11.7. The number of benzene rings is 3. The van der Waals surface area contributed by atoms with Crippen molar-refractivity contribution < 1.29 is 26.4 Å². The van der Waals surface area contributed by atoms with Crippen molar-refractivity contribution >= 4 is 21.6 Å². The van der Waals surface area contributed by atoms with Crippen LogP contribution >= 0.6 is 0 Å². The minimum atomic E-state index is -4.57. The highest BCUT2D eigenvalue weighted by atomic mass is 32.2. The number of amides is 1. The largest absolute Gasteiger partial charge is 0.416 e. The van der Waals surface area contributed by atoms with Crippen LogP contribution < -0.4 is 4.31 Å². The molecule has 6 nitrogen and oxygen atoms in total. The van der Waals surface area contributed by atoms with Gasteiger partial charge in [0.25, 0.3) is 15.9 Å². The van der Waals surface area contributed by atoms with Crippen LogP contribution in [0.15, 0.2) is 94.0 Å². The maximum Gasteiger partial charge on any atom is 0.416 e. The molecule has 0 heterocycles. The fourth-order valence-electron chi connectivity index (χ4n) is 3.05. The maximum absolute atomic E-state index is 13.0. The lowest BCUT2D eigenvalue weighted by atomic mass is 10.1. The van der Waals surface area contributed by atoms with Crippen molar-refractivity contribution in [1.82, 2.24) is 0 Å². The number of para-hydroxylation sites is 1.